The number of aromatic carboxylic acids is 1. The highest BCUT2D eigenvalue weighted by Crippen LogP contribution is 2.38. The summed E-state index contributed by atoms with van der Waals surface area (Å²) >= 11 is 1.71. The van der Waals surface area contributed by atoms with Gasteiger partial charge >= 0.3 is 5.97 Å². The molecule has 0 saturated carbocycles. The van der Waals surface area contributed by atoms with E-state index >= 15 is 0 Å². The summed E-state index contributed by atoms with van der Waals surface area (Å²) in [6.07, 6.45) is 0.666. The van der Waals surface area contributed by atoms with Gasteiger partial charge in [-0.05, 0) is 18.6 Å². The van der Waals surface area contributed by atoms with Crippen molar-refractivity contribution in [2.45, 2.75) is 11.3 Å². The summed E-state index contributed by atoms with van der Waals surface area (Å²) < 4.78 is 5.21. The average Bonchev–Trinajstić information content (AvgIpc) is 2.66. The number of fused-ring (bicyclic) bond motifs is 3. The maximum Gasteiger partial charge on any atom is 0.358 e. The molecular formula is C12H9NO3S. The number of hydrogen-bond acceptors (Lipinski definition) is 4. The summed E-state index contributed by atoms with van der Waals surface area (Å²) in [5, 5.41) is 12.7. The zero-order valence-electron chi connectivity index (χ0n) is 8.84. The molecule has 1 N–H and O–H groups in total. The van der Waals surface area contributed by atoms with Gasteiger partial charge in [0.1, 0.15) is 0 Å². The molecule has 0 unspecified atom stereocenters. The Kier molecular flexibility index (Phi) is 2.40. The number of carboxylic acid groups (broad SMARTS) is 1. The quantitative estimate of drug-likeness (QED) is 0.839. The molecule has 1 aliphatic rings. The van der Waals surface area contributed by atoms with E-state index < -0.39 is 5.97 Å². The molecule has 0 aliphatic carbocycles. The van der Waals surface area contributed by atoms with Crippen LogP contribution in [0.4, 0.5) is 0 Å². The second-order valence-corrected chi connectivity index (χ2v) is 4.88. The second-order valence-electron chi connectivity index (χ2n) is 3.74. The maximum atomic E-state index is 11.0. The topological polar surface area (TPSA) is 63.3 Å². The highest BCUT2D eigenvalue weighted by atomic mass is 32.2. The van der Waals surface area contributed by atoms with Crippen LogP contribution in [0.3, 0.4) is 0 Å². The van der Waals surface area contributed by atoms with Crippen molar-refractivity contribution in [2.24, 2.45) is 0 Å². The Bertz CT molecular complexity index is 591. The molecule has 3 rings (SSSR count). The average molecular weight is 247 g/mol. The Hall–Kier alpha value is -1.75. The molecule has 0 radical (unpaired) electrons. The Morgan fingerprint density at radius 2 is 2.24 bits per heavy atom. The number of hydrogen-bond donors (Lipinski definition) is 1. The van der Waals surface area contributed by atoms with Crippen molar-refractivity contribution in [3.05, 3.63) is 35.5 Å². The van der Waals surface area contributed by atoms with Crippen LogP contribution in [0, 0.1) is 0 Å². The molecule has 0 atom stereocenters. The number of benzene rings is 1. The fraction of sp³-hybridized carbons (Fsp3) is 0.167. The summed E-state index contributed by atoms with van der Waals surface area (Å²) in [5.74, 6) is 0.410. The maximum absolute atomic E-state index is 11.0. The van der Waals surface area contributed by atoms with Crippen LogP contribution in [0.25, 0.3) is 11.3 Å². The molecule has 4 nitrogen and oxygen atoms in total. The van der Waals surface area contributed by atoms with Gasteiger partial charge in [-0.3, -0.25) is 0 Å². The van der Waals surface area contributed by atoms with Crippen LogP contribution in [-0.2, 0) is 6.42 Å². The number of rotatable bonds is 1. The third-order valence-electron chi connectivity index (χ3n) is 2.73. The lowest BCUT2D eigenvalue weighted by Crippen LogP contribution is -2.02. The van der Waals surface area contributed by atoms with E-state index in [0.29, 0.717) is 17.7 Å². The van der Waals surface area contributed by atoms with Crippen molar-refractivity contribution >= 4 is 17.7 Å². The Morgan fingerprint density at radius 3 is 3.06 bits per heavy atom. The molecule has 17 heavy (non-hydrogen) atoms. The van der Waals surface area contributed by atoms with Crippen LogP contribution in [0.2, 0.25) is 0 Å². The van der Waals surface area contributed by atoms with Gasteiger partial charge in [0.2, 0.25) is 0 Å². The molecule has 0 spiro atoms. The fourth-order valence-electron chi connectivity index (χ4n) is 1.96. The van der Waals surface area contributed by atoms with Crippen molar-refractivity contribution < 1.29 is 14.4 Å². The standard InChI is InChI=1S/C12H9NO3S/c14-12(15)10-8-5-6-17-9-4-2-1-3-7(9)11(8)16-13-10/h1-4H,5-6H2,(H,14,15). The molecule has 1 aromatic carbocycles. The first-order chi connectivity index (χ1) is 8.27. The molecule has 0 bridgehead atoms. The minimum Gasteiger partial charge on any atom is -0.476 e. The first-order valence-electron chi connectivity index (χ1n) is 5.21. The van der Waals surface area contributed by atoms with Gasteiger partial charge in [-0.25, -0.2) is 4.79 Å². The molecule has 5 heteroatoms. The lowest BCUT2D eigenvalue weighted by atomic mass is 10.0. The molecule has 86 valence electrons. The summed E-state index contributed by atoms with van der Waals surface area (Å²) in [7, 11) is 0. The van der Waals surface area contributed by atoms with Gasteiger partial charge in [-0.2, -0.15) is 0 Å². The highest BCUT2D eigenvalue weighted by Gasteiger charge is 2.25. The molecule has 2 heterocycles. The minimum absolute atomic E-state index is 0.0392. The van der Waals surface area contributed by atoms with Gasteiger partial charge in [0.05, 0.1) is 0 Å². The molecule has 1 aliphatic heterocycles. The zero-order valence-corrected chi connectivity index (χ0v) is 9.66. The number of nitrogens with zero attached hydrogens (tertiary/aromatic N) is 1. The highest BCUT2D eigenvalue weighted by molar-refractivity contribution is 7.99. The predicted octanol–water partition coefficient (Wildman–Crippen LogP) is 2.69. The van der Waals surface area contributed by atoms with Crippen molar-refractivity contribution in [2.75, 3.05) is 5.75 Å². The van der Waals surface area contributed by atoms with Crippen LogP contribution in [0.1, 0.15) is 16.1 Å². The Labute approximate surface area is 102 Å². The minimum atomic E-state index is -1.03. The van der Waals surface area contributed by atoms with Crippen LogP contribution in [0.5, 0.6) is 0 Å². The van der Waals surface area contributed by atoms with Crippen molar-refractivity contribution in [1.82, 2.24) is 5.16 Å². The SMILES string of the molecule is O=C(O)c1noc2c1CCSc1ccccc1-2. The summed E-state index contributed by atoms with van der Waals surface area (Å²) in [4.78, 5) is 12.1. The molecule has 0 saturated heterocycles. The number of carboxylic acids is 1. The summed E-state index contributed by atoms with van der Waals surface area (Å²) in [5.41, 5.74) is 1.68. The first kappa shape index (κ1) is 10.4. The van der Waals surface area contributed by atoms with Gasteiger partial charge in [0.15, 0.2) is 11.5 Å². The van der Waals surface area contributed by atoms with E-state index in [1.165, 1.54) is 0 Å². The molecule has 1 aromatic heterocycles. The third-order valence-corrected chi connectivity index (χ3v) is 3.81. The van der Waals surface area contributed by atoms with E-state index in [-0.39, 0.29) is 5.69 Å². The van der Waals surface area contributed by atoms with E-state index in [0.717, 1.165) is 16.2 Å². The van der Waals surface area contributed by atoms with E-state index in [1.807, 2.05) is 24.3 Å². The Morgan fingerprint density at radius 1 is 1.41 bits per heavy atom. The van der Waals surface area contributed by atoms with Gasteiger partial charge in [-0.1, -0.05) is 17.3 Å². The van der Waals surface area contributed by atoms with E-state index in [2.05, 4.69) is 5.16 Å². The Balaban J connectivity index is 2.24. The smallest absolute Gasteiger partial charge is 0.358 e. The van der Waals surface area contributed by atoms with Crippen LogP contribution in [-0.4, -0.2) is 22.0 Å². The van der Waals surface area contributed by atoms with Crippen LogP contribution >= 0.6 is 11.8 Å². The number of aromatic nitrogens is 1. The normalized spacial score (nSPS) is 13.6. The van der Waals surface area contributed by atoms with Gasteiger partial charge < -0.3 is 9.63 Å². The molecule has 0 fully saturated rings. The molecule has 2 aromatic rings. The third kappa shape index (κ3) is 1.63. The summed E-state index contributed by atoms with van der Waals surface area (Å²) in [6, 6.07) is 7.82. The van der Waals surface area contributed by atoms with Crippen molar-refractivity contribution in [1.29, 1.82) is 0 Å². The first-order valence-corrected chi connectivity index (χ1v) is 6.20. The molecular weight excluding hydrogens is 238 g/mol. The van der Waals surface area contributed by atoms with E-state index in [1.54, 1.807) is 11.8 Å². The van der Waals surface area contributed by atoms with Gasteiger partial charge in [0, 0.05) is 21.8 Å². The number of carbonyl (C=O) groups is 1. The zero-order chi connectivity index (χ0) is 11.8. The summed E-state index contributed by atoms with van der Waals surface area (Å²) in [6.45, 7) is 0. The number of thioether (sulfide) groups is 1. The van der Waals surface area contributed by atoms with E-state index in [9.17, 15) is 4.79 Å². The van der Waals surface area contributed by atoms with Crippen LogP contribution in [0.15, 0.2) is 33.7 Å². The second kappa shape index (κ2) is 3.92. The van der Waals surface area contributed by atoms with Crippen LogP contribution < -0.4 is 0 Å². The predicted molar refractivity (Wildman–Crippen MR) is 63.3 cm³/mol. The lowest BCUT2D eigenvalue weighted by Gasteiger charge is -2.01. The van der Waals surface area contributed by atoms with Crippen molar-refractivity contribution in [3.63, 3.8) is 0 Å². The monoisotopic (exact) mass is 247 g/mol. The van der Waals surface area contributed by atoms with Gasteiger partial charge in [0.25, 0.3) is 0 Å². The van der Waals surface area contributed by atoms with Crippen molar-refractivity contribution in [3.8, 4) is 11.3 Å². The van der Waals surface area contributed by atoms with E-state index in [4.69, 9.17) is 9.63 Å². The lowest BCUT2D eigenvalue weighted by molar-refractivity contribution is 0.0685. The van der Waals surface area contributed by atoms with Gasteiger partial charge in [-0.15, -0.1) is 11.8 Å². The molecule has 0 amide bonds. The fourth-order valence-corrected chi connectivity index (χ4v) is 2.98. The largest absolute Gasteiger partial charge is 0.476 e.